The Morgan fingerprint density at radius 3 is 2.66 bits per heavy atom. The molecule has 1 saturated heterocycles. The quantitative estimate of drug-likeness (QED) is 0.570. The van der Waals surface area contributed by atoms with Gasteiger partial charge in [0.05, 0.1) is 29.8 Å². The number of rotatable bonds is 2. The zero-order chi connectivity index (χ0) is 19.8. The third-order valence-electron chi connectivity index (χ3n) is 6.50. The molecule has 0 unspecified atom stereocenters. The first-order valence-electron chi connectivity index (χ1n) is 10.5. The molecule has 4 aromatic heterocycles. The molecular weight excluding hydrogens is 362 g/mol. The molecule has 1 aliphatic carbocycles. The standard InChI is InChI=1S/C22H25N7/c1-13-8-17(18-9-14(2)21-24-15(3)11-29(21)26-18)25-19-12-28(27-20(13)19)16-4-7-23-22(10-16)5-6-22/h8-9,11-12,16,23H,4-7,10H2,1-3H3/t16-/m1/s1. The van der Waals surface area contributed by atoms with Gasteiger partial charge in [-0.2, -0.15) is 10.2 Å². The second-order valence-electron chi connectivity index (χ2n) is 8.88. The van der Waals surface area contributed by atoms with E-state index < -0.39 is 0 Å². The number of hydrogen-bond donors (Lipinski definition) is 1. The Labute approximate surface area is 169 Å². The molecule has 0 aromatic carbocycles. The van der Waals surface area contributed by atoms with Crippen LogP contribution in [0.5, 0.6) is 0 Å². The molecule has 5 heterocycles. The van der Waals surface area contributed by atoms with E-state index in [-0.39, 0.29) is 0 Å². The number of fused-ring (bicyclic) bond motifs is 2. The van der Waals surface area contributed by atoms with E-state index in [1.807, 2.05) is 17.6 Å². The number of nitrogens with one attached hydrogen (secondary N) is 1. The van der Waals surface area contributed by atoms with Gasteiger partial charge < -0.3 is 5.32 Å². The van der Waals surface area contributed by atoms with Gasteiger partial charge in [-0.15, -0.1) is 0 Å². The van der Waals surface area contributed by atoms with Crippen molar-refractivity contribution in [1.82, 2.24) is 34.7 Å². The Bertz CT molecular complexity index is 1260. The lowest BCUT2D eigenvalue weighted by molar-refractivity contribution is 0.272. The Morgan fingerprint density at radius 1 is 1.00 bits per heavy atom. The monoisotopic (exact) mass is 387 g/mol. The van der Waals surface area contributed by atoms with Crippen molar-refractivity contribution in [1.29, 1.82) is 0 Å². The van der Waals surface area contributed by atoms with E-state index >= 15 is 0 Å². The number of aryl methyl sites for hydroxylation is 3. The Hall–Kier alpha value is -2.80. The highest BCUT2D eigenvalue weighted by Gasteiger charge is 2.46. The summed E-state index contributed by atoms with van der Waals surface area (Å²) < 4.78 is 4.02. The van der Waals surface area contributed by atoms with Crippen LogP contribution in [0.15, 0.2) is 24.5 Å². The second kappa shape index (κ2) is 5.86. The van der Waals surface area contributed by atoms with E-state index in [1.54, 1.807) is 0 Å². The molecule has 1 saturated carbocycles. The summed E-state index contributed by atoms with van der Waals surface area (Å²) in [7, 11) is 0. The zero-order valence-corrected chi connectivity index (χ0v) is 17.1. The van der Waals surface area contributed by atoms with E-state index in [4.69, 9.17) is 15.2 Å². The van der Waals surface area contributed by atoms with E-state index in [2.05, 4.69) is 47.2 Å². The second-order valence-corrected chi connectivity index (χ2v) is 8.88. The molecular formula is C22H25N7. The first-order valence-corrected chi connectivity index (χ1v) is 10.5. The van der Waals surface area contributed by atoms with Crippen molar-refractivity contribution >= 4 is 16.7 Å². The lowest BCUT2D eigenvalue weighted by Crippen LogP contribution is -2.40. The molecule has 4 aromatic rings. The first-order chi connectivity index (χ1) is 14.0. The minimum absolute atomic E-state index is 0.383. The topological polar surface area (TPSA) is 72.9 Å². The van der Waals surface area contributed by atoms with Gasteiger partial charge in [0.25, 0.3) is 0 Å². The summed E-state index contributed by atoms with van der Waals surface area (Å²) in [6, 6.07) is 4.63. The molecule has 1 spiro atoms. The Balaban J connectivity index is 1.42. The molecule has 1 aliphatic heterocycles. The third kappa shape index (κ3) is 2.75. The van der Waals surface area contributed by atoms with Crippen LogP contribution >= 0.6 is 0 Å². The summed E-state index contributed by atoms with van der Waals surface area (Å²) in [5, 5.41) is 13.4. The molecule has 0 amide bonds. The van der Waals surface area contributed by atoms with Gasteiger partial charge in [-0.3, -0.25) is 4.68 Å². The van der Waals surface area contributed by atoms with Crippen molar-refractivity contribution in [2.24, 2.45) is 0 Å². The molecule has 6 rings (SSSR count). The summed E-state index contributed by atoms with van der Waals surface area (Å²) in [6.45, 7) is 7.25. The Kier molecular flexibility index (Phi) is 3.45. The number of aromatic nitrogens is 6. The van der Waals surface area contributed by atoms with Gasteiger partial charge >= 0.3 is 0 Å². The van der Waals surface area contributed by atoms with E-state index in [0.717, 1.165) is 57.9 Å². The fraction of sp³-hybridized carbons (Fsp3) is 0.455. The van der Waals surface area contributed by atoms with Crippen LogP contribution in [0.4, 0.5) is 0 Å². The van der Waals surface area contributed by atoms with Crippen molar-refractivity contribution in [2.75, 3.05) is 6.54 Å². The van der Waals surface area contributed by atoms with Crippen molar-refractivity contribution in [3.8, 4) is 11.4 Å². The highest BCUT2D eigenvalue weighted by Crippen LogP contribution is 2.45. The zero-order valence-electron chi connectivity index (χ0n) is 17.1. The van der Waals surface area contributed by atoms with Crippen molar-refractivity contribution in [3.05, 3.63) is 41.3 Å². The van der Waals surface area contributed by atoms with Gasteiger partial charge in [0.15, 0.2) is 5.65 Å². The van der Waals surface area contributed by atoms with E-state index in [1.165, 1.54) is 19.3 Å². The molecule has 0 bridgehead atoms. The SMILES string of the molecule is Cc1cn2nc(-c3cc(C)c4nn([C@@H]5CCNC6(CC6)C5)cc4n3)cc(C)c2n1. The van der Waals surface area contributed by atoms with Crippen LogP contribution in [-0.2, 0) is 0 Å². The highest BCUT2D eigenvalue weighted by atomic mass is 15.3. The van der Waals surface area contributed by atoms with Crippen LogP contribution < -0.4 is 5.32 Å². The predicted molar refractivity (Wildman–Crippen MR) is 112 cm³/mol. The number of nitrogens with zero attached hydrogens (tertiary/aromatic N) is 6. The molecule has 7 nitrogen and oxygen atoms in total. The van der Waals surface area contributed by atoms with Gasteiger partial charge in [-0.25, -0.2) is 14.5 Å². The molecule has 29 heavy (non-hydrogen) atoms. The average molecular weight is 387 g/mol. The van der Waals surface area contributed by atoms with Gasteiger partial charge in [-0.05, 0) is 76.3 Å². The smallest absolute Gasteiger partial charge is 0.156 e. The number of pyridine rings is 1. The highest BCUT2D eigenvalue weighted by molar-refractivity contribution is 5.80. The minimum atomic E-state index is 0.383. The number of piperidine rings is 1. The lowest BCUT2D eigenvalue weighted by Gasteiger charge is -2.30. The third-order valence-corrected chi connectivity index (χ3v) is 6.50. The van der Waals surface area contributed by atoms with E-state index in [0.29, 0.717) is 11.6 Å². The fourth-order valence-electron chi connectivity index (χ4n) is 4.76. The minimum Gasteiger partial charge on any atom is -0.311 e. The maximum absolute atomic E-state index is 4.93. The van der Waals surface area contributed by atoms with Gasteiger partial charge in [0.2, 0.25) is 0 Å². The fourth-order valence-corrected chi connectivity index (χ4v) is 4.76. The van der Waals surface area contributed by atoms with Crippen LogP contribution in [-0.4, -0.2) is 41.4 Å². The number of imidazole rings is 1. The summed E-state index contributed by atoms with van der Waals surface area (Å²) in [4.78, 5) is 9.48. The summed E-state index contributed by atoms with van der Waals surface area (Å²) >= 11 is 0. The molecule has 148 valence electrons. The predicted octanol–water partition coefficient (Wildman–Crippen LogP) is 3.52. The van der Waals surface area contributed by atoms with Crippen molar-refractivity contribution < 1.29 is 0 Å². The normalized spacial score (nSPS) is 20.7. The maximum Gasteiger partial charge on any atom is 0.156 e. The molecule has 1 atom stereocenters. The lowest BCUT2D eigenvalue weighted by atomic mass is 9.98. The summed E-state index contributed by atoms with van der Waals surface area (Å²) in [5.74, 6) is 0. The summed E-state index contributed by atoms with van der Waals surface area (Å²) in [6.07, 6.45) is 8.98. The molecule has 1 N–H and O–H groups in total. The van der Waals surface area contributed by atoms with Crippen molar-refractivity contribution in [2.45, 2.75) is 58.0 Å². The largest absolute Gasteiger partial charge is 0.311 e. The van der Waals surface area contributed by atoms with Crippen LogP contribution in [0, 0.1) is 20.8 Å². The van der Waals surface area contributed by atoms with Crippen molar-refractivity contribution in [3.63, 3.8) is 0 Å². The summed E-state index contributed by atoms with van der Waals surface area (Å²) in [5.41, 5.74) is 8.18. The van der Waals surface area contributed by atoms with Crippen LogP contribution in [0.1, 0.15) is 48.5 Å². The van der Waals surface area contributed by atoms with Gasteiger partial charge in [0, 0.05) is 5.54 Å². The average Bonchev–Trinajstić information content (AvgIpc) is 3.13. The van der Waals surface area contributed by atoms with Crippen LogP contribution in [0.3, 0.4) is 0 Å². The first kappa shape index (κ1) is 17.1. The van der Waals surface area contributed by atoms with Crippen LogP contribution in [0.25, 0.3) is 28.1 Å². The van der Waals surface area contributed by atoms with Gasteiger partial charge in [-0.1, -0.05) is 0 Å². The molecule has 2 aliphatic rings. The Morgan fingerprint density at radius 2 is 1.83 bits per heavy atom. The molecule has 0 radical (unpaired) electrons. The van der Waals surface area contributed by atoms with Gasteiger partial charge in [0.1, 0.15) is 16.7 Å². The van der Waals surface area contributed by atoms with E-state index in [9.17, 15) is 0 Å². The molecule has 7 heteroatoms. The number of hydrogen-bond acceptors (Lipinski definition) is 5. The van der Waals surface area contributed by atoms with Crippen LogP contribution in [0.2, 0.25) is 0 Å². The maximum atomic E-state index is 4.93. The molecule has 2 fully saturated rings.